The summed E-state index contributed by atoms with van der Waals surface area (Å²) in [6.45, 7) is 0. The number of hydrogen-bond donors (Lipinski definition) is 0. The fraction of sp³-hybridized carbons (Fsp3) is 0.0455. The number of benzene rings is 2. The largest absolute Gasteiger partial charge is 0.450 e. The van der Waals surface area contributed by atoms with Crippen LogP contribution in [0.3, 0.4) is 0 Å². The van der Waals surface area contributed by atoms with Gasteiger partial charge in [0.1, 0.15) is 23.0 Å². The molecule has 5 nitrogen and oxygen atoms in total. The minimum Gasteiger partial charge on any atom is -0.450 e. The van der Waals surface area contributed by atoms with E-state index < -0.39 is 29.0 Å². The van der Waals surface area contributed by atoms with Gasteiger partial charge in [0.2, 0.25) is 5.76 Å². The molecule has 29 heavy (non-hydrogen) atoms. The third-order valence-electron chi connectivity index (χ3n) is 4.89. The molecule has 1 aliphatic rings. The highest BCUT2D eigenvalue weighted by atomic mass is 19.1. The van der Waals surface area contributed by atoms with Gasteiger partial charge < -0.3 is 4.42 Å². The lowest BCUT2D eigenvalue weighted by Gasteiger charge is -2.24. The van der Waals surface area contributed by atoms with Crippen molar-refractivity contribution in [3.05, 3.63) is 106 Å². The van der Waals surface area contributed by atoms with Gasteiger partial charge >= 0.3 is 0 Å². The Bertz CT molecular complexity index is 1340. The monoisotopic (exact) mass is 390 g/mol. The lowest BCUT2D eigenvalue weighted by Crippen LogP contribution is -2.30. The summed E-state index contributed by atoms with van der Waals surface area (Å²) in [5.74, 6) is -1.56. The third kappa shape index (κ3) is 2.62. The van der Waals surface area contributed by atoms with E-state index in [1.54, 1.807) is 24.3 Å². The fourth-order valence-electron chi connectivity index (χ4n) is 3.67. The molecule has 2 aromatic carbocycles. The molecule has 1 amide bonds. The number of rotatable bonds is 2. The van der Waals surface area contributed by atoms with Crippen molar-refractivity contribution in [2.45, 2.75) is 6.04 Å². The summed E-state index contributed by atoms with van der Waals surface area (Å²) >= 11 is 0. The van der Waals surface area contributed by atoms with E-state index in [1.165, 1.54) is 35.4 Å². The van der Waals surface area contributed by atoms with Gasteiger partial charge in [-0.15, -0.1) is 0 Å². The predicted octanol–water partition coefficient (Wildman–Crippen LogP) is 4.22. The van der Waals surface area contributed by atoms with Crippen molar-refractivity contribution in [3.63, 3.8) is 0 Å². The summed E-state index contributed by atoms with van der Waals surface area (Å²) in [6, 6.07) is 13.2. The third-order valence-corrected chi connectivity index (χ3v) is 4.89. The number of halogens is 2. The Kier molecular flexibility index (Phi) is 3.77. The number of fused-ring (bicyclic) bond motifs is 2. The van der Waals surface area contributed by atoms with Crippen LogP contribution < -0.4 is 10.3 Å². The van der Waals surface area contributed by atoms with Crippen LogP contribution in [0.1, 0.15) is 27.7 Å². The molecule has 7 heteroatoms. The van der Waals surface area contributed by atoms with Gasteiger partial charge in [-0.2, -0.15) is 0 Å². The lowest BCUT2D eigenvalue weighted by atomic mass is 9.98. The van der Waals surface area contributed by atoms with Crippen molar-refractivity contribution in [1.82, 2.24) is 4.98 Å². The van der Waals surface area contributed by atoms with E-state index in [2.05, 4.69) is 4.98 Å². The summed E-state index contributed by atoms with van der Waals surface area (Å²) < 4.78 is 33.4. The zero-order valence-electron chi connectivity index (χ0n) is 14.8. The van der Waals surface area contributed by atoms with E-state index in [0.717, 1.165) is 12.1 Å². The Morgan fingerprint density at radius 2 is 1.76 bits per heavy atom. The SMILES string of the molecule is O=C1c2oc3ccc(F)cc3c(=O)c2[C@H](c2cccc(F)c2)N1c1ccccn1. The normalized spacial score (nSPS) is 15.7. The van der Waals surface area contributed by atoms with Crippen molar-refractivity contribution >= 4 is 22.7 Å². The van der Waals surface area contributed by atoms with Gasteiger partial charge in [0.15, 0.2) is 5.43 Å². The maximum atomic E-state index is 14.0. The maximum Gasteiger partial charge on any atom is 0.296 e. The van der Waals surface area contributed by atoms with Crippen LogP contribution in [0, 0.1) is 11.6 Å². The van der Waals surface area contributed by atoms with Gasteiger partial charge in [0.25, 0.3) is 5.91 Å². The molecular formula is C22H12F2N2O3. The van der Waals surface area contributed by atoms with Gasteiger partial charge in [0.05, 0.1) is 17.0 Å². The number of carbonyl (C=O) groups is 1. The Hall–Kier alpha value is -3.87. The van der Waals surface area contributed by atoms with Crippen molar-refractivity contribution < 1.29 is 18.0 Å². The molecule has 0 bridgehead atoms. The highest BCUT2D eigenvalue weighted by Gasteiger charge is 2.44. The fourth-order valence-corrected chi connectivity index (χ4v) is 3.67. The van der Waals surface area contributed by atoms with Crippen LogP contribution in [0.5, 0.6) is 0 Å². The molecule has 5 rings (SSSR count). The first-order valence-electron chi connectivity index (χ1n) is 8.81. The number of carbonyl (C=O) groups excluding carboxylic acids is 1. The molecule has 1 aliphatic heterocycles. The molecule has 3 heterocycles. The molecule has 0 saturated carbocycles. The summed E-state index contributed by atoms with van der Waals surface area (Å²) in [7, 11) is 0. The molecule has 2 aromatic heterocycles. The van der Waals surface area contributed by atoms with Crippen molar-refractivity contribution in [3.8, 4) is 0 Å². The summed E-state index contributed by atoms with van der Waals surface area (Å²) in [6.07, 6.45) is 1.51. The molecule has 142 valence electrons. The summed E-state index contributed by atoms with van der Waals surface area (Å²) in [5, 5.41) is 0.0147. The lowest BCUT2D eigenvalue weighted by molar-refractivity contribution is 0.0970. The minimum absolute atomic E-state index is 0.0147. The molecule has 0 N–H and O–H groups in total. The Labute approximate surface area is 162 Å². The highest BCUT2D eigenvalue weighted by molar-refractivity contribution is 6.10. The average Bonchev–Trinajstić information content (AvgIpc) is 3.02. The Balaban J connectivity index is 1.84. The molecule has 0 aliphatic carbocycles. The van der Waals surface area contributed by atoms with E-state index in [-0.39, 0.29) is 28.1 Å². The van der Waals surface area contributed by atoms with Crippen LogP contribution in [0.25, 0.3) is 11.0 Å². The molecule has 0 spiro atoms. The molecular weight excluding hydrogens is 378 g/mol. The van der Waals surface area contributed by atoms with Gasteiger partial charge in [-0.3, -0.25) is 14.5 Å². The smallest absolute Gasteiger partial charge is 0.296 e. The van der Waals surface area contributed by atoms with Crippen LogP contribution in [-0.2, 0) is 0 Å². The number of hydrogen-bond acceptors (Lipinski definition) is 4. The zero-order valence-corrected chi connectivity index (χ0v) is 14.8. The second-order valence-corrected chi connectivity index (χ2v) is 6.64. The second-order valence-electron chi connectivity index (χ2n) is 6.64. The molecule has 1 atom stereocenters. The number of amides is 1. The Morgan fingerprint density at radius 1 is 0.931 bits per heavy atom. The molecule has 0 saturated heterocycles. The summed E-state index contributed by atoms with van der Waals surface area (Å²) in [4.78, 5) is 32.0. The van der Waals surface area contributed by atoms with E-state index in [0.29, 0.717) is 5.56 Å². The van der Waals surface area contributed by atoms with Crippen LogP contribution >= 0.6 is 0 Å². The molecule has 4 aromatic rings. The minimum atomic E-state index is -0.952. The zero-order chi connectivity index (χ0) is 20.1. The van der Waals surface area contributed by atoms with Crippen molar-refractivity contribution in [1.29, 1.82) is 0 Å². The first kappa shape index (κ1) is 17.2. The van der Waals surface area contributed by atoms with Gasteiger partial charge in [-0.25, -0.2) is 13.8 Å². The number of nitrogens with zero attached hydrogens (tertiary/aromatic N) is 2. The highest BCUT2D eigenvalue weighted by Crippen LogP contribution is 2.40. The van der Waals surface area contributed by atoms with Gasteiger partial charge in [-0.05, 0) is 48.0 Å². The van der Waals surface area contributed by atoms with Crippen molar-refractivity contribution in [2.75, 3.05) is 4.90 Å². The molecule has 0 radical (unpaired) electrons. The van der Waals surface area contributed by atoms with Crippen molar-refractivity contribution in [2.24, 2.45) is 0 Å². The maximum absolute atomic E-state index is 14.0. The average molecular weight is 390 g/mol. The second kappa shape index (κ2) is 6.34. The standard InChI is InChI=1S/C22H12F2N2O3/c23-13-5-3-4-12(10-13)19-18-20(27)15-11-14(24)7-8-16(15)29-21(18)22(28)26(19)17-6-1-2-9-25-17/h1-11,19H/t19-/m0/s1. The number of aromatic nitrogens is 1. The number of anilines is 1. The van der Waals surface area contributed by atoms with E-state index in [9.17, 15) is 18.4 Å². The van der Waals surface area contributed by atoms with E-state index >= 15 is 0 Å². The van der Waals surface area contributed by atoms with Crippen LogP contribution in [0.2, 0.25) is 0 Å². The molecule has 0 unspecified atom stereocenters. The van der Waals surface area contributed by atoms with Crippen LogP contribution in [0.15, 0.2) is 76.1 Å². The van der Waals surface area contributed by atoms with Crippen LogP contribution in [-0.4, -0.2) is 10.9 Å². The predicted molar refractivity (Wildman–Crippen MR) is 102 cm³/mol. The van der Waals surface area contributed by atoms with E-state index in [1.807, 2.05) is 0 Å². The van der Waals surface area contributed by atoms with Gasteiger partial charge in [-0.1, -0.05) is 18.2 Å². The van der Waals surface area contributed by atoms with Crippen LogP contribution in [0.4, 0.5) is 14.6 Å². The first-order chi connectivity index (χ1) is 14.0. The first-order valence-corrected chi connectivity index (χ1v) is 8.81. The topological polar surface area (TPSA) is 63.4 Å². The van der Waals surface area contributed by atoms with Gasteiger partial charge in [0, 0.05) is 6.20 Å². The summed E-state index contributed by atoms with van der Waals surface area (Å²) in [5.41, 5.74) is -0.0266. The quantitative estimate of drug-likeness (QED) is 0.514. The van der Waals surface area contributed by atoms with E-state index in [4.69, 9.17) is 4.42 Å². The molecule has 0 fully saturated rings. The Morgan fingerprint density at radius 3 is 2.52 bits per heavy atom. The number of pyridine rings is 1.